The first-order valence-corrected chi connectivity index (χ1v) is 4.58. The van der Waals surface area contributed by atoms with Crippen molar-refractivity contribution in [2.24, 2.45) is 5.73 Å². The average molecular weight is 213 g/mol. The zero-order valence-corrected chi connectivity index (χ0v) is 8.82. The van der Waals surface area contributed by atoms with Gasteiger partial charge in [-0.1, -0.05) is 5.16 Å². The molecule has 6 nitrogen and oxygen atoms in total. The van der Waals surface area contributed by atoms with Crippen LogP contribution < -0.4 is 11.1 Å². The summed E-state index contributed by atoms with van der Waals surface area (Å²) < 4.78 is 9.61. The SMILES string of the molecule is COCC(N)C(=O)NCc1cc(C)on1. The first kappa shape index (κ1) is 11.7. The molecular formula is C9H15N3O3. The molecule has 1 heterocycles. The van der Waals surface area contributed by atoms with Gasteiger partial charge in [-0.05, 0) is 6.92 Å². The fraction of sp³-hybridized carbons (Fsp3) is 0.556. The van der Waals surface area contributed by atoms with Gasteiger partial charge >= 0.3 is 0 Å². The third kappa shape index (κ3) is 3.69. The molecule has 0 aliphatic carbocycles. The third-order valence-electron chi connectivity index (χ3n) is 1.80. The summed E-state index contributed by atoms with van der Waals surface area (Å²) in [5.41, 5.74) is 6.19. The van der Waals surface area contributed by atoms with E-state index in [-0.39, 0.29) is 12.5 Å². The van der Waals surface area contributed by atoms with Gasteiger partial charge in [0, 0.05) is 13.2 Å². The molecule has 0 saturated heterocycles. The Morgan fingerprint density at radius 1 is 1.80 bits per heavy atom. The van der Waals surface area contributed by atoms with E-state index in [4.69, 9.17) is 15.0 Å². The zero-order valence-electron chi connectivity index (χ0n) is 8.82. The third-order valence-corrected chi connectivity index (χ3v) is 1.80. The monoisotopic (exact) mass is 213 g/mol. The van der Waals surface area contributed by atoms with E-state index < -0.39 is 6.04 Å². The Hall–Kier alpha value is -1.40. The van der Waals surface area contributed by atoms with Gasteiger partial charge in [0.25, 0.3) is 0 Å². The maximum absolute atomic E-state index is 11.3. The Labute approximate surface area is 87.8 Å². The lowest BCUT2D eigenvalue weighted by atomic mass is 10.3. The number of aromatic nitrogens is 1. The maximum Gasteiger partial charge on any atom is 0.239 e. The highest BCUT2D eigenvalue weighted by molar-refractivity contribution is 5.81. The molecule has 0 bridgehead atoms. The Kier molecular flexibility index (Phi) is 4.26. The fourth-order valence-electron chi connectivity index (χ4n) is 1.07. The molecule has 0 spiro atoms. The van der Waals surface area contributed by atoms with Crippen molar-refractivity contribution in [1.82, 2.24) is 10.5 Å². The predicted octanol–water partition coefficient (Wildman–Crippen LogP) is -0.427. The molecule has 1 aromatic rings. The molecule has 1 unspecified atom stereocenters. The van der Waals surface area contributed by atoms with Crippen molar-refractivity contribution in [3.05, 3.63) is 17.5 Å². The van der Waals surface area contributed by atoms with Crippen molar-refractivity contribution in [2.75, 3.05) is 13.7 Å². The van der Waals surface area contributed by atoms with Gasteiger partial charge in [-0.15, -0.1) is 0 Å². The van der Waals surface area contributed by atoms with Gasteiger partial charge in [0.2, 0.25) is 5.91 Å². The van der Waals surface area contributed by atoms with Gasteiger partial charge in [0.05, 0.1) is 13.2 Å². The summed E-state index contributed by atoms with van der Waals surface area (Å²) in [4.78, 5) is 11.3. The van der Waals surface area contributed by atoms with Crippen LogP contribution in [0.5, 0.6) is 0 Å². The summed E-state index contributed by atoms with van der Waals surface area (Å²) in [5, 5.41) is 6.36. The second kappa shape index (κ2) is 5.47. The highest BCUT2D eigenvalue weighted by Gasteiger charge is 2.12. The number of rotatable bonds is 5. The van der Waals surface area contributed by atoms with Gasteiger partial charge in [0.1, 0.15) is 17.5 Å². The number of nitrogens with one attached hydrogen (secondary N) is 1. The molecule has 3 N–H and O–H groups in total. The molecule has 84 valence electrons. The Morgan fingerprint density at radius 3 is 3.07 bits per heavy atom. The topological polar surface area (TPSA) is 90.4 Å². The lowest BCUT2D eigenvalue weighted by Crippen LogP contribution is -2.43. The Morgan fingerprint density at radius 2 is 2.53 bits per heavy atom. The van der Waals surface area contributed by atoms with E-state index in [1.54, 1.807) is 13.0 Å². The molecule has 1 aromatic heterocycles. The van der Waals surface area contributed by atoms with Crippen molar-refractivity contribution >= 4 is 5.91 Å². The van der Waals surface area contributed by atoms with Crippen LogP contribution >= 0.6 is 0 Å². The molecule has 6 heteroatoms. The van der Waals surface area contributed by atoms with E-state index in [1.807, 2.05) is 0 Å². The van der Waals surface area contributed by atoms with Gasteiger partial charge < -0.3 is 20.3 Å². The van der Waals surface area contributed by atoms with Crippen molar-refractivity contribution in [3.8, 4) is 0 Å². The van der Waals surface area contributed by atoms with E-state index >= 15 is 0 Å². The van der Waals surface area contributed by atoms with Crippen LogP contribution in [-0.4, -0.2) is 30.8 Å². The first-order valence-electron chi connectivity index (χ1n) is 4.58. The van der Waals surface area contributed by atoms with Crippen LogP contribution in [0.3, 0.4) is 0 Å². The normalized spacial score (nSPS) is 12.5. The number of carbonyl (C=O) groups is 1. The quantitative estimate of drug-likeness (QED) is 0.692. The standard InChI is InChI=1S/C9H15N3O3/c1-6-3-7(12-15-6)4-11-9(13)8(10)5-14-2/h3,8H,4-5,10H2,1-2H3,(H,11,13). The molecule has 0 fully saturated rings. The van der Waals surface area contributed by atoms with E-state index in [0.717, 1.165) is 0 Å². The number of hydrogen-bond acceptors (Lipinski definition) is 5. The number of carbonyl (C=O) groups excluding carboxylic acids is 1. The van der Waals surface area contributed by atoms with Gasteiger partial charge in [-0.3, -0.25) is 4.79 Å². The second-order valence-corrected chi connectivity index (χ2v) is 3.21. The Balaban J connectivity index is 2.34. The van der Waals surface area contributed by atoms with Crippen LogP contribution in [0.2, 0.25) is 0 Å². The summed E-state index contributed by atoms with van der Waals surface area (Å²) in [6.07, 6.45) is 0. The molecule has 0 aliphatic rings. The number of aryl methyl sites for hydroxylation is 1. The van der Waals surface area contributed by atoms with Crippen molar-refractivity contribution < 1.29 is 14.1 Å². The summed E-state index contributed by atoms with van der Waals surface area (Å²) in [7, 11) is 1.49. The molecular weight excluding hydrogens is 198 g/mol. The second-order valence-electron chi connectivity index (χ2n) is 3.21. The fourth-order valence-corrected chi connectivity index (χ4v) is 1.07. The molecule has 0 aromatic carbocycles. The molecule has 15 heavy (non-hydrogen) atoms. The summed E-state index contributed by atoms with van der Waals surface area (Å²) in [6, 6.07) is 1.10. The number of nitrogens with zero attached hydrogens (tertiary/aromatic N) is 1. The molecule has 1 rings (SSSR count). The summed E-state index contributed by atoms with van der Waals surface area (Å²) in [6.45, 7) is 2.30. The number of methoxy groups -OCH3 is 1. The number of amides is 1. The molecule has 1 amide bonds. The van der Waals surface area contributed by atoms with Gasteiger partial charge in [-0.2, -0.15) is 0 Å². The van der Waals surface area contributed by atoms with Crippen LogP contribution in [0.15, 0.2) is 10.6 Å². The lowest BCUT2D eigenvalue weighted by Gasteiger charge is -2.09. The van der Waals surface area contributed by atoms with E-state index in [2.05, 4.69) is 10.5 Å². The highest BCUT2D eigenvalue weighted by atomic mass is 16.5. The largest absolute Gasteiger partial charge is 0.383 e. The molecule has 1 atom stereocenters. The number of hydrogen-bond donors (Lipinski definition) is 2. The van der Waals surface area contributed by atoms with E-state index in [9.17, 15) is 4.79 Å². The summed E-state index contributed by atoms with van der Waals surface area (Å²) >= 11 is 0. The van der Waals surface area contributed by atoms with Crippen molar-refractivity contribution in [1.29, 1.82) is 0 Å². The highest BCUT2D eigenvalue weighted by Crippen LogP contribution is 2.00. The van der Waals surface area contributed by atoms with Crippen molar-refractivity contribution in [3.63, 3.8) is 0 Å². The lowest BCUT2D eigenvalue weighted by molar-refractivity contribution is -0.123. The minimum absolute atomic E-state index is 0.198. The number of nitrogens with two attached hydrogens (primary N) is 1. The molecule has 0 radical (unpaired) electrons. The van der Waals surface area contributed by atoms with E-state index in [0.29, 0.717) is 18.0 Å². The first-order chi connectivity index (χ1) is 7.13. The van der Waals surface area contributed by atoms with Gasteiger partial charge in [-0.25, -0.2) is 0 Å². The van der Waals surface area contributed by atoms with Crippen LogP contribution in [0, 0.1) is 6.92 Å². The smallest absolute Gasteiger partial charge is 0.239 e. The molecule has 0 saturated carbocycles. The number of ether oxygens (including phenoxy) is 1. The average Bonchev–Trinajstić information content (AvgIpc) is 2.61. The predicted molar refractivity (Wildman–Crippen MR) is 52.9 cm³/mol. The summed E-state index contributed by atoms with van der Waals surface area (Å²) in [5.74, 6) is 0.443. The Bertz CT molecular complexity index is 324. The minimum atomic E-state index is -0.650. The maximum atomic E-state index is 11.3. The van der Waals surface area contributed by atoms with Crippen LogP contribution in [0.4, 0.5) is 0 Å². The van der Waals surface area contributed by atoms with Gasteiger partial charge in [0.15, 0.2) is 0 Å². The van der Waals surface area contributed by atoms with E-state index in [1.165, 1.54) is 7.11 Å². The van der Waals surface area contributed by atoms with Crippen LogP contribution in [-0.2, 0) is 16.1 Å². The zero-order chi connectivity index (χ0) is 11.3. The van der Waals surface area contributed by atoms with Crippen LogP contribution in [0.25, 0.3) is 0 Å². The molecule has 0 aliphatic heterocycles. The minimum Gasteiger partial charge on any atom is -0.383 e. The van der Waals surface area contributed by atoms with Crippen molar-refractivity contribution in [2.45, 2.75) is 19.5 Å². The van der Waals surface area contributed by atoms with Crippen LogP contribution in [0.1, 0.15) is 11.5 Å².